The molecule has 0 aromatic rings. The van der Waals surface area contributed by atoms with E-state index in [-0.39, 0.29) is 0 Å². The van der Waals surface area contributed by atoms with Crippen LogP contribution in [-0.4, -0.2) is 18.9 Å². The molecule has 1 saturated carbocycles. The Balaban J connectivity index is 1.47. The van der Waals surface area contributed by atoms with Crippen LogP contribution in [-0.2, 0) is 4.74 Å². The third kappa shape index (κ3) is 1.98. The molecule has 1 unspecified atom stereocenters. The van der Waals surface area contributed by atoms with Gasteiger partial charge in [0, 0.05) is 6.04 Å². The van der Waals surface area contributed by atoms with E-state index < -0.39 is 0 Å². The molecule has 0 aromatic heterocycles. The van der Waals surface area contributed by atoms with Crippen LogP contribution in [0.3, 0.4) is 0 Å². The summed E-state index contributed by atoms with van der Waals surface area (Å²) in [5, 5.41) is 3.43. The zero-order chi connectivity index (χ0) is 10.3. The maximum Gasteiger partial charge on any atom is 0.0972 e. The average Bonchev–Trinajstić information content (AvgIpc) is 2.93. The van der Waals surface area contributed by atoms with Gasteiger partial charge in [0.25, 0.3) is 0 Å². The van der Waals surface area contributed by atoms with Gasteiger partial charge in [-0.1, -0.05) is 12.2 Å². The largest absolute Gasteiger partial charge is 0.362 e. The van der Waals surface area contributed by atoms with Crippen LogP contribution in [0.15, 0.2) is 12.2 Å². The standard InChI is InChI=1S/C13H21NO/c1-9-13(14-8-15-9)6-5-10-3-2-4-11-7-12(10)11/h2,4,9-14H,3,5-8H2,1H3/t9-,10-,11+,12+,13?/m1/s1. The number of ether oxygens (including phenoxy) is 1. The fourth-order valence-electron chi connectivity index (χ4n) is 3.23. The highest BCUT2D eigenvalue weighted by Crippen LogP contribution is 2.51. The summed E-state index contributed by atoms with van der Waals surface area (Å²) in [6.07, 6.45) is 10.7. The van der Waals surface area contributed by atoms with Gasteiger partial charge in [-0.05, 0) is 50.4 Å². The minimum Gasteiger partial charge on any atom is -0.362 e. The third-order valence-corrected chi connectivity index (χ3v) is 4.43. The van der Waals surface area contributed by atoms with Gasteiger partial charge >= 0.3 is 0 Å². The van der Waals surface area contributed by atoms with Crippen LogP contribution in [0.2, 0.25) is 0 Å². The predicted molar refractivity (Wildman–Crippen MR) is 60.4 cm³/mol. The normalized spacial score (nSPS) is 47.9. The van der Waals surface area contributed by atoms with E-state index in [4.69, 9.17) is 4.74 Å². The zero-order valence-corrected chi connectivity index (χ0v) is 9.49. The molecule has 2 heteroatoms. The van der Waals surface area contributed by atoms with Gasteiger partial charge in [0.2, 0.25) is 0 Å². The molecular formula is C13H21NO. The summed E-state index contributed by atoms with van der Waals surface area (Å²) in [5.74, 6) is 2.95. The first-order chi connectivity index (χ1) is 7.34. The Hall–Kier alpha value is -0.340. The molecule has 5 atom stereocenters. The van der Waals surface area contributed by atoms with Crippen LogP contribution >= 0.6 is 0 Å². The van der Waals surface area contributed by atoms with E-state index in [9.17, 15) is 0 Å². The summed E-state index contributed by atoms with van der Waals surface area (Å²) in [4.78, 5) is 0. The molecule has 0 bridgehead atoms. The van der Waals surface area contributed by atoms with Crippen molar-refractivity contribution >= 4 is 0 Å². The number of fused-ring (bicyclic) bond motifs is 1. The molecule has 1 N–H and O–H groups in total. The molecule has 15 heavy (non-hydrogen) atoms. The molecule has 0 amide bonds. The highest BCUT2D eigenvalue weighted by atomic mass is 16.5. The SMILES string of the molecule is C[C@H]1OCNC1CC[C@H]1CC=C[C@H]2C[C@@H]12. The smallest absolute Gasteiger partial charge is 0.0972 e. The summed E-state index contributed by atoms with van der Waals surface area (Å²) >= 11 is 0. The molecular weight excluding hydrogens is 186 g/mol. The van der Waals surface area contributed by atoms with Crippen molar-refractivity contribution < 1.29 is 4.74 Å². The number of nitrogens with one attached hydrogen (secondary N) is 1. The van der Waals surface area contributed by atoms with E-state index in [1.165, 1.54) is 25.7 Å². The highest BCUT2D eigenvalue weighted by Gasteiger charge is 2.42. The topological polar surface area (TPSA) is 21.3 Å². The molecule has 2 aliphatic carbocycles. The Morgan fingerprint density at radius 1 is 1.40 bits per heavy atom. The van der Waals surface area contributed by atoms with Crippen molar-refractivity contribution in [2.24, 2.45) is 17.8 Å². The van der Waals surface area contributed by atoms with Crippen molar-refractivity contribution in [1.29, 1.82) is 0 Å². The fraction of sp³-hybridized carbons (Fsp3) is 0.846. The van der Waals surface area contributed by atoms with Crippen molar-refractivity contribution in [3.8, 4) is 0 Å². The van der Waals surface area contributed by atoms with Crippen LogP contribution in [0.25, 0.3) is 0 Å². The van der Waals surface area contributed by atoms with Crippen LogP contribution in [0.5, 0.6) is 0 Å². The second-order valence-electron chi connectivity index (χ2n) is 5.39. The van der Waals surface area contributed by atoms with Crippen LogP contribution in [0.1, 0.15) is 32.6 Å². The maximum absolute atomic E-state index is 5.52. The summed E-state index contributed by atoms with van der Waals surface area (Å²) < 4.78 is 5.52. The predicted octanol–water partition coefficient (Wildman–Crippen LogP) is 2.31. The van der Waals surface area contributed by atoms with E-state index >= 15 is 0 Å². The fourth-order valence-corrected chi connectivity index (χ4v) is 3.23. The zero-order valence-electron chi connectivity index (χ0n) is 9.49. The average molecular weight is 207 g/mol. The van der Waals surface area contributed by atoms with E-state index in [1.54, 1.807) is 0 Å². The quantitative estimate of drug-likeness (QED) is 0.717. The van der Waals surface area contributed by atoms with Crippen molar-refractivity contribution in [2.45, 2.75) is 44.8 Å². The molecule has 3 aliphatic rings. The second kappa shape index (κ2) is 3.91. The summed E-state index contributed by atoms with van der Waals surface area (Å²) in [5.41, 5.74) is 0. The first-order valence-electron chi connectivity index (χ1n) is 6.36. The van der Waals surface area contributed by atoms with Crippen molar-refractivity contribution in [1.82, 2.24) is 5.32 Å². The number of hydrogen-bond donors (Lipinski definition) is 1. The molecule has 0 aromatic carbocycles. The Bertz CT molecular complexity index is 263. The van der Waals surface area contributed by atoms with Gasteiger partial charge in [0.15, 0.2) is 0 Å². The summed E-state index contributed by atoms with van der Waals surface area (Å²) in [7, 11) is 0. The third-order valence-electron chi connectivity index (χ3n) is 4.43. The Kier molecular flexibility index (Phi) is 2.57. The van der Waals surface area contributed by atoms with E-state index in [0.29, 0.717) is 12.1 Å². The second-order valence-corrected chi connectivity index (χ2v) is 5.39. The Morgan fingerprint density at radius 2 is 2.33 bits per heavy atom. The lowest BCUT2D eigenvalue weighted by Crippen LogP contribution is -2.29. The van der Waals surface area contributed by atoms with Crippen LogP contribution in [0, 0.1) is 17.8 Å². The molecule has 84 valence electrons. The van der Waals surface area contributed by atoms with Crippen LogP contribution < -0.4 is 5.32 Å². The van der Waals surface area contributed by atoms with Gasteiger partial charge in [0.05, 0.1) is 12.8 Å². The van der Waals surface area contributed by atoms with Crippen molar-refractivity contribution in [3.63, 3.8) is 0 Å². The number of rotatable bonds is 3. The number of allylic oxidation sites excluding steroid dienone is 2. The summed E-state index contributed by atoms with van der Waals surface area (Å²) in [6.45, 7) is 2.94. The van der Waals surface area contributed by atoms with E-state index in [1.807, 2.05) is 0 Å². The Labute approximate surface area is 92.1 Å². The van der Waals surface area contributed by atoms with Crippen molar-refractivity contribution in [2.75, 3.05) is 6.73 Å². The molecule has 3 rings (SSSR count). The minimum absolute atomic E-state index is 0.416. The highest BCUT2D eigenvalue weighted by molar-refractivity contribution is 5.10. The lowest BCUT2D eigenvalue weighted by atomic mass is 9.88. The van der Waals surface area contributed by atoms with Crippen molar-refractivity contribution in [3.05, 3.63) is 12.2 Å². The van der Waals surface area contributed by atoms with Gasteiger partial charge in [0.1, 0.15) is 0 Å². The monoisotopic (exact) mass is 207 g/mol. The first-order valence-corrected chi connectivity index (χ1v) is 6.36. The summed E-state index contributed by atoms with van der Waals surface area (Å²) in [6, 6.07) is 0.605. The van der Waals surface area contributed by atoms with Crippen LogP contribution in [0.4, 0.5) is 0 Å². The minimum atomic E-state index is 0.416. The molecule has 2 nitrogen and oxygen atoms in total. The first kappa shape index (κ1) is 9.86. The Morgan fingerprint density at radius 3 is 3.13 bits per heavy atom. The number of hydrogen-bond acceptors (Lipinski definition) is 2. The molecule has 1 saturated heterocycles. The molecule has 1 aliphatic heterocycles. The van der Waals surface area contributed by atoms with Gasteiger partial charge in [-0.3, -0.25) is 5.32 Å². The lowest BCUT2D eigenvalue weighted by Gasteiger charge is -2.21. The lowest BCUT2D eigenvalue weighted by molar-refractivity contribution is 0.114. The molecule has 2 fully saturated rings. The van der Waals surface area contributed by atoms with Gasteiger partial charge in [-0.25, -0.2) is 0 Å². The van der Waals surface area contributed by atoms with E-state index in [0.717, 1.165) is 24.5 Å². The molecule has 0 radical (unpaired) electrons. The van der Waals surface area contributed by atoms with E-state index in [2.05, 4.69) is 24.4 Å². The molecule has 0 spiro atoms. The van der Waals surface area contributed by atoms with Gasteiger partial charge in [-0.15, -0.1) is 0 Å². The molecule has 1 heterocycles. The van der Waals surface area contributed by atoms with Gasteiger partial charge < -0.3 is 4.74 Å². The van der Waals surface area contributed by atoms with Gasteiger partial charge in [-0.2, -0.15) is 0 Å². The maximum atomic E-state index is 5.52.